The van der Waals surface area contributed by atoms with Crippen molar-refractivity contribution >= 4 is 17.3 Å². The van der Waals surface area contributed by atoms with Crippen molar-refractivity contribution in [3.05, 3.63) is 35.5 Å². The van der Waals surface area contributed by atoms with Crippen molar-refractivity contribution in [2.24, 2.45) is 0 Å². The van der Waals surface area contributed by atoms with E-state index in [2.05, 4.69) is 0 Å². The standard InChI is InChI=1S/3C5H8O2.Nd/c3*1-4(6)3-5(2)7;/h3*3,6H,1-2H3;/b4-3+;2*4-3-;. The molecule has 3 N–H and O–H groups in total. The summed E-state index contributed by atoms with van der Waals surface area (Å²) in [6.45, 7) is 8.54. The number of aliphatic hydroxyl groups excluding tert-OH is 3. The molecule has 0 aliphatic rings. The third-order valence-corrected chi connectivity index (χ3v) is 1.24. The summed E-state index contributed by atoms with van der Waals surface area (Å²) < 4.78 is 0. The molecule has 0 rings (SSSR count). The summed E-state index contributed by atoms with van der Waals surface area (Å²) in [5.41, 5.74) is 0. The minimum Gasteiger partial charge on any atom is -0.512 e. The van der Waals surface area contributed by atoms with Crippen LogP contribution in [0.3, 0.4) is 0 Å². The van der Waals surface area contributed by atoms with Crippen LogP contribution in [0.2, 0.25) is 0 Å². The Morgan fingerprint density at radius 2 is 0.682 bits per heavy atom. The van der Waals surface area contributed by atoms with Gasteiger partial charge in [-0.15, -0.1) is 0 Å². The van der Waals surface area contributed by atoms with Crippen LogP contribution in [0.15, 0.2) is 35.5 Å². The van der Waals surface area contributed by atoms with Gasteiger partial charge in [-0.1, -0.05) is 0 Å². The van der Waals surface area contributed by atoms with E-state index in [0.29, 0.717) is 0 Å². The van der Waals surface area contributed by atoms with Crippen LogP contribution in [-0.2, 0) is 14.4 Å². The number of hydrogen-bond donors (Lipinski definition) is 3. The molecule has 0 unspecified atom stereocenters. The van der Waals surface area contributed by atoms with Crippen molar-refractivity contribution in [3.8, 4) is 0 Å². The Hall–Kier alpha value is -1.02. The second-order valence-electron chi connectivity index (χ2n) is 4.19. The largest absolute Gasteiger partial charge is 0.512 e. The van der Waals surface area contributed by atoms with Crippen LogP contribution in [0.1, 0.15) is 41.5 Å². The van der Waals surface area contributed by atoms with E-state index in [-0.39, 0.29) is 75.5 Å². The molecule has 0 spiro atoms. The number of carbonyl (C=O) groups excluding carboxylic acids is 3. The maximum atomic E-state index is 10.0. The Bertz CT molecular complexity index is 368. The fourth-order valence-electron chi connectivity index (χ4n) is 0.882. The summed E-state index contributed by atoms with van der Waals surface area (Å²) >= 11 is 0. The van der Waals surface area contributed by atoms with Crippen molar-refractivity contribution in [2.45, 2.75) is 41.5 Å². The van der Waals surface area contributed by atoms with Gasteiger partial charge in [-0.3, -0.25) is 14.4 Å². The van der Waals surface area contributed by atoms with Gasteiger partial charge >= 0.3 is 0 Å². The van der Waals surface area contributed by atoms with Crippen LogP contribution in [0, 0.1) is 40.8 Å². The average molecular weight is 445 g/mol. The Kier molecular flexibility index (Phi) is 23.8. The maximum absolute atomic E-state index is 10.0. The van der Waals surface area contributed by atoms with Crippen LogP contribution in [0.25, 0.3) is 0 Å². The van der Waals surface area contributed by atoms with E-state index >= 15 is 0 Å². The Morgan fingerprint density at radius 3 is 0.682 bits per heavy atom. The van der Waals surface area contributed by atoms with Gasteiger partial charge in [-0.05, 0) is 41.5 Å². The van der Waals surface area contributed by atoms with Gasteiger partial charge < -0.3 is 15.3 Å². The van der Waals surface area contributed by atoms with E-state index in [4.69, 9.17) is 15.3 Å². The third kappa shape index (κ3) is 50.9. The van der Waals surface area contributed by atoms with Gasteiger partial charge in [0.05, 0.1) is 17.3 Å². The monoisotopic (exact) mass is 442 g/mol. The molecule has 0 aromatic carbocycles. The van der Waals surface area contributed by atoms with Crippen molar-refractivity contribution in [3.63, 3.8) is 0 Å². The number of rotatable bonds is 3. The molecule has 0 heterocycles. The topological polar surface area (TPSA) is 112 Å². The Balaban J connectivity index is -0.000000108. The quantitative estimate of drug-likeness (QED) is 0.455. The van der Waals surface area contributed by atoms with E-state index in [1.54, 1.807) is 0 Å². The first kappa shape index (κ1) is 29.0. The van der Waals surface area contributed by atoms with Crippen molar-refractivity contribution in [1.82, 2.24) is 0 Å². The first-order valence-electron chi connectivity index (χ1n) is 6.02. The molecule has 0 atom stereocenters. The molecule has 7 heteroatoms. The molecule has 0 aromatic heterocycles. The van der Waals surface area contributed by atoms with Gasteiger partial charge in [0.2, 0.25) is 0 Å². The molecule has 0 saturated heterocycles. The predicted octanol–water partition coefficient (Wildman–Crippen LogP) is 3.11. The van der Waals surface area contributed by atoms with Gasteiger partial charge in [-0.25, -0.2) is 0 Å². The number of hydrogen-bond acceptors (Lipinski definition) is 6. The van der Waals surface area contributed by atoms with E-state index in [1.807, 2.05) is 0 Å². The van der Waals surface area contributed by atoms with E-state index in [9.17, 15) is 14.4 Å². The molecular weight excluding hydrogens is 420 g/mol. The number of ketones is 3. The second kappa shape index (κ2) is 18.0. The molecule has 0 fully saturated rings. The van der Waals surface area contributed by atoms with E-state index in [0.717, 1.165) is 0 Å². The second-order valence-corrected chi connectivity index (χ2v) is 4.19. The molecule has 22 heavy (non-hydrogen) atoms. The number of allylic oxidation sites excluding steroid dienone is 6. The minimum absolute atomic E-state index is 0. The summed E-state index contributed by atoms with van der Waals surface area (Å²) in [5.74, 6) is -0.187. The summed E-state index contributed by atoms with van der Waals surface area (Å²) in [5, 5.41) is 25.1. The van der Waals surface area contributed by atoms with Gasteiger partial charge in [0.1, 0.15) is 0 Å². The van der Waals surface area contributed by atoms with Crippen LogP contribution >= 0.6 is 0 Å². The summed E-state index contributed by atoms with van der Waals surface area (Å²) in [6.07, 6.45) is 3.50. The molecule has 0 aliphatic carbocycles. The molecular formula is C15H24NdO6. The Labute approximate surface area is 164 Å². The smallest absolute Gasteiger partial charge is 0.155 e. The molecule has 124 valence electrons. The SMILES string of the molecule is CC(=O)/C=C(/C)O.CC(=O)/C=C(/C)O.CC(=O)/C=C(\C)O.[Nd]. The minimum atomic E-state index is -0.125. The fraction of sp³-hybridized carbons (Fsp3) is 0.400. The van der Waals surface area contributed by atoms with Crippen molar-refractivity contribution < 1.29 is 70.5 Å². The molecule has 0 amide bonds. The zero-order valence-corrected chi connectivity index (χ0v) is 17.0. The molecule has 0 aromatic rings. The maximum Gasteiger partial charge on any atom is 0.155 e. The third-order valence-electron chi connectivity index (χ3n) is 1.24. The average Bonchev–Trinajstić information content (AvgIpc) is 2.10. The first-order valence-corrected chi connectivity index (χ1v) is 6.02. The van der Waals surface area contributed by atoms with Crippen molar-refractivity contribution in [1.29, 1.82) is 0 Å². The summed E-state index contributed by atoms with van der Waals surface area (Å²) in [6, 6.07) is 0. The van der Waals surface area contributed by atoms with Crippen LogP contribution in [0.4, 0.5) is 0 Å². The molecule has 6 nitrogen and oxygen atoms in total. The normalized spacial score (nSPS) is 10.9. The fourth-order valence-corrected chi connectivity index (χ4v) is 0.882. The van der Waals surface area contributed by atoms with Gasteiger partial charge in [0.15, 0.2) is 17.3 Å². The van der Waals surface area contributed by atoms with Crippen LogP contribution in [-0.4, -0.2) is 32.7 Å². The zero-order chi connectivity index (χ0) is 17.6. The van der Waals surface area contributed by atoms with E-state index in [1.165, 1.54) is 59.8 Å². The first-order chi connectivity index (χ1) is 9.38. The predicted molar refractivity (Wildman–Crippen MR) is 81.2 cm³/mol. The summed E-state index contributed by atoms with van der Waals surface area (Å²) in [7, 11) is 0. The molecule has 0 radical (unpaired) electrons. The molecule has 0 saturated carbocycles. The Morgan fingerprint density at radius 1 is 0.545 bits per heavy atom. The van der Waals surface area contributed by atoms with Crippen molar-refractivity contribution in [2.75, 3.05) is 0 Å². The summed E-state index contributed by atoms with van der Waals surface area (Å²) in [4.78, 5) is 30.1. The van der Waals surface area contributed by atoms with Gasteiger partial charge in [0.25, 0.3) is 0 Å². The number of carbonyl (C=O) groups is 3. The van der Waals surface area contributed by atoms with Gasteiger partial charge in [0, 0.05) is 59.1 Å². The van der Waals surface area contributed by atoms with Gasteiger partial charge in [-0.2, -0.15) is 0 Å². The molecule has 0 aliphatic heterocycles. The molecule has 0 bridgehead atoms. The van der Waals surface area contributed by atoms with Crippen LogP contribution < -0.4 is 0 Å². The zero-order valence-electron chi connectivity index (χ0n) is 13.8. The van der Waals surface area contributed by atoms with Crippen LogP contribution in [0.5, 0.6) is 0 Å². The number of aliphatic hydroxyl groups is 3. The van der Waals surface area contributed by atoms with E-state index < -0.39 is 0 Å².